The molecule has 1 aliphatic carbocycles. The lowest BCUT2D eigenvalue weighted by molar-refractivity contribution is 0.560. The maximum atomic E-state index is 5.87. The molecule has 1 atom stereocenters. The summed E-state index contributed by atoms with van der Waals surface area (Å²) in [5.74, 6) is 0.603. The van der Waals surface area contributed by atoms with Gasteiger partial charge in [0.1, 0.15) is 0 Å². The van der Waals surface area contributed by atoms with Gasteiger partial charge in [0.2, 0.25) is 0 Å². The number of anilines is 1. The van der Waals surface area contributed by atoms with E-state index < -0.39 is 0 Å². The third-order valence-electron chi connectivity index (χ3n) is 4.32. The Morgan fingerprint density at radius 3 is 2.76 bits per heavy atom. The lowest BCUT2D eigenvalue weighted by Crippen LogP contribution is -2.21. The van der Waals surface area contributed by atoms with E-state index in [1.165, 1.54) is 56.4 Å². The molecule has 1 unspecified atom stereocenters. The maximum Gasteiger partial charge on any atom is 0.0369 e. The van der Waals surface area contributed by atoms with E-state index in [2.05, 4.69) is 23.1 Å². The Morgan fingerprint density at radius 1 is 1.18 bits per heavy atom. The number of fused-ring (bicyclic) bond motifs is 1. The van der Waals surface area contributed by atoms with Crippen LogP contribution in [0.4, 0.5) is 5.69 Å². The van der Waals surface area contributed by atoms with Crippen molar-refractivity contribution in [2.45, 2.75) is 38.0 Å². The fourth-order valence-electron chi connectivity index (χ4n) is 3.32. The fraction of sp³-hybridized carbons (Fsp3) is 0.600. The van der Waals surface area contributed by atoms with Gasteiger partial charge in [-0.3, -0.25) is 0 Å². The van der Waals surface area contributed by atoms with E-state index in [0.717, 1.165) is 6.54 Å². The Balaban J connectivity index is 1.90. The second-order valence-electron chi connectivity index (χ2n) is 5.40. The topological polar surface area (TPSA) is 29.3 Å². The van der Waals surface area contributed by atoms with Crippen LogP contribution in [0.1, 0.15) is 42.7 Å². The van der Waals surface area contributed by atoms with E-state index in [1.807, 2.05) is 0 Å². The largest absolute Gasteiger partial charge is 0.372 e. The number of hydrogen-bond donors (Lipinski definition) is 1. The molecule has 1 fully saturated rings. The van der Waals surface area contributed by atoms with Crippen molar-refractivity contribution in [2.75, 3.05) is 24.5 Å². The van der Waals surface area contributed by atoms with Crippen molar-refractivity contribution >= 4 is 5.69 Å². The molecule has 2 nitrogen and oxygen atoms in total. The number of nitrogens with two attached hydrogens (primary N) is 1. The lowest BCUT2D eigenvalue weighted by atomic mass is 9.82. The van der Waals surface area contributed by atoms with E-state index >= 15 is 0 Å². The van der Waals surface area contributed by atoms with Crippen LogP contribution in [0, 0.1) is 0 Å². The van der Waals surface area contributed by atoms with Crippen LogP contribution in [0.2, 0.25) is 0 Å². The highest BCUT2D eigenvalue weighted by Gasteiger charge is 2.20. The van der Waals surface area contributed by atoms with E-state index in [9.17, 15) is 0 Å². The van der Waals surface area contributed by atoms with E-state index in [1.54, 1.807) is 5.56 Å². The highest BCUT2D eigenvalue weighted by molar-refractivity contribution is 5.53. The predicted molar refractivity (Wildman–Crippen MR) is 72.6 cm³/mol. The summed E-state index contributed by atoms with van der Waals surface area (Å²) >= 11 is 0. The minimum absolute atomic E-state index is 0.603. The van der Waals surface area contributed by atoms with Gasteiger partial charge in [-0.15, -0.1) is 0 Å². The van der Waals surface area contributed by atoms with Crippen LogP contribution in [0.5, 0.6) is 0 Å². The molecule has 1 saturated heterocycles. The summed E-state index contributed by atoms with van der Waals surface area (Å²) in [5, 5.41) is 0. The first-order chi connectivity index (χ1) is 8.38. The predicted octanol–water partition coefficient (Wildman–Crippen LogP) is 2.67. The SMILES string of the molecule is NCC1CCCc2cc(N3CCCC3)ccc21. The number of hydrogen-bond acceptors (Lipinski definition) is 2. The molecule has 0 spiro atoms. The normalized spacial score (nSPS) is 23.8. The van der Waals surface area contributed by atoms with Crippen LogP contribution in [0.15, 0.2) is 18.2 Å². The molecule has 0 radical (unpaired) electrons. The number of nitrogens with zero attached hydrogens (tertiary/aromatic N) is 1. The third-order valence-corrected chi connectivity index (χ3v) is 4.32. The van der Waals surface area contributed by atoms with Crippen molar-refractivity contribution in [3.05, 3.63) is 29.3 Å². The molecule has 1 aromatic rings. The summed E-state index contributed by atoms with van der Waals surface area (Å²) in [6.45, 7) is 3.27. The Labute approximate surface area is 104 Å². The minimum Gasteiger partial charge on any atom is -0.372 e. The smallest absolute Gasteiger partial charge is 0.0369 e. The van der Waals surface area contributed by atoms with Crippen LogP contribution in [-0.2, 0) is 6.42 Å². The monoisotopic (exact) mass is 230 g/mol. The van der Waals surface area contributed by atoms with Crippen LogP contribution >= 0.6 is 0 Å². The zero-order valence-corrected chi connectivity index (χ0v) is 10.5. The van der Waals surface area contributed by atoms with Gasteiger partial charge in [-0.1, -0.05) is 6.07 Å². The van der Waals surface area contributed by atoms with Gasteiger partial charge in [0.25, 0.3) is 0 Å². The van der Waals surface area contributed by atoms with Crippen molar-refractivity contribution in [1.29, 1.82) is 0 Å². The summed E-state index contributed by atoms with van der Waals surface area (Å²) in [5.41, 5.74) is 10.4. The van der Waals surface area contributed by atoms with E-state index in [4.69, 9.17) is 5.73 Å². The average Bonchev–Trinajstić information content (AvgIpc) is 2.91. The standard InChI is InChI=1S/C15H22N2/c16-11-13-5-3-4-12-10-14(6-7-15(12)13)17-8-1-2-9-17/h6-7,10,13H,1-5,8-9,11,16H2. The highest BCUT2D eigenvalue weighted by Crippen LogP contribution is 2.34. The molecule has 3 rings (SSSR count). The molecule has 92 valence electrons. The second kappa shape index (κ2) is 4.69. The molecule has 1 aromatic carbocycles. The molecule has 1 aliphatic heterocycles. The van der Waals surface area contributed by atoms with Crippen molar-refractivity contribution in [3.63, 3.8) is 0 Å². The molecule has 2 N–H and O–H groups in total. The third kappa shape index (κ3) is 2.06. The Morgan fingerprint density at radius 2 is 2.00 bits per heavy atom. The molecule has 0 bridgehead atoms. The Kier molecular flexibility index (Phi) is 3.06. The van der Waals surface area contributed by atoms with Crippen molar-refractivity contribution in [2.24, 2.45) is 5.73 Å². The highest BCUT2D eigenvalue weighted by atomic mass is 15.1. The summed E-state index contributed by atoms with van der Waals surface area (Å²) in [4.78, 5) is 2.52. The zero-order valence-electron chi connectivity index (χ0n) is 10.5. The molecular formula is C15H22N2. The van der Waals surface area contributed by atoms with E-state index in [0.29, 0.717) is 5.92 Å². The van der Waals surface area contributed by atoms with Crippen molar-refractivity contribution in [3.8, 4) is 0 Å². The number of benzene rings is 1. The first kappa shape index (κ1) is 11.1. The molecule has 1 heterocycles. The molecule has 2 heteroatoms. The zero-order chi connectivity index (χ0) is 11.7. The molecule has 2 aliphatic rings. The van der Waals surface area contributed by atoms with E-state index in [-0.39, 0.29) is 0 Å². The quantitative estimate of drug-likeness (QED) is 0.846. The van der Waals surface area contributed by atoms with Gasteiger partial charge in [0, 0.05) is 18.8 Å². The average molecular weight is 230 g/mol. The summed E-state index contributed by atoms with van der Waals surface area (Å²) in [6, 6.07) is 7.06. The van der Waals surface area contributed by atoms with Gasteiger partial charge in [-0.2, -0.15) is 0 Å². The van der Waals surface area contributed by atoms with Crippen LogP contribution in [0.25, 0.3) is 0 Å². The van der Waals surface area contributed by atoms with Gasteiger partial charge in [-0.25, -0.2) is 0 Å². The molecule has 0 saturated carbocycles. The maximum absolute atomic E-state index is 5.87. The molecule has 17 heavy (non-hydrogen) atoms. The first-order valence-electron chi connectivity index (χ1n) is 6.96. The fourth-order valence-corrected chi connectivity index (χ4v) is 3.32. The minimum atomic E-state index is 0.603. The summed E-state index contributed by atoms with van der Waals surface area (Å²) in [6.07, 6.45) is 6.52. The van der Waals surface area contributed by atoms with Crippen LogP contribution in [0.3, 0.4) is 0 Å². The van der Waals surface area contributed by atoms with Gasteiger partial charge in [0.15, 0.2) is 0 Å². The van der Waals surface area contributed by atoms with Gasteiger partial charge < -0.3 is 10.6 Å². The molecule has 0 aromatic heterocycles. The molecule has 0 amide bonds. The first-order valence-corrected chi connectivity index (χ1v) is 6.96. The summed E-state index contributed by atoms with van der Waals surface area (Å²) in [7, 11) is 0. The van der Waals surface area contributed by atoms with Crippen LogP contribution < -0.4 is 10.6 Å². The molecular weight excluding hydrogens is 208 g/mol. The van der Waals surface area contributed by atoms with Crippen molar-refractivity contribution in [1.82, 2.24) is 0 Å². The summed E-state index contributed by atoms with van der Waals surface area (Å²) < 4.78 is 0. The lowest BCUT2D eigenvalue weighted by Gasteiger charge is -2.27. The Hall–Kier alpha value is -1.02. The van der Waals surface area contributed by atoms with Crippen LogP contribution in [-0.4, -0.2) is 19.6 Å². The van der Waals surface area contributed by atoms with Gasteiger partial charge in [0.05, 0.1) is 0 Å². The number of rotatable bonds is 2. The van der Waals surface area contributed by atoms with Gasteiger partial charge >= 0.3 is 0 Å². The van der Waals surface area contributed by atoms with Crippen molar-refractivity contribution < 1.29 is 0 Å². The Bertz CT molecular complexity index is 394. The second-order valence-corrected chi connectivity index (χ2v) is 5.40. The number of aryl methyl sites for hydroxylation is 1. The van der Waals surface area contributed by atoms with Gasteiger partial charge in [-0.05, 0) is 67.8 Å².